The second-order valence-corrected chi connectivity index (χ2v) is 5.91. The van der Waals surface area contributed by atoms with E-state index in [1.165, 1.54) is 0 Å². The first-order valence-corrected chi connectivity index (χ1v) is 6.85. The Morgan fingerprint density at radius 1 is 1.50 bits per heavy atom. The predicted molar refractivity (Wildman–Crippen MR) is 81.1 cm³/mol. The second kappa shape index (κ2) is 5.89. The van der Waals surface area contributed by atoms with Crippen molar-refractivity contribution in [3.05, 3.63) is 29.5 Å². The van der Waals surface area contributed by atoms with Crippen LogP contribution in [0.5, 0.6) is 0 Å². The molecule has 116 valence electrons. The van der Waals surface area contributed by atoms with Crippen LogP contribution in [-0.2, 0) is 12.1 Å². The zero-order chi connectivity index (χ0) is 16.3. The quantitative estimate of drug-likeness (QED) is 0.803. The lowest BCUT2D eigenvalue weighted by molar-refractivity contribution is 0.251. The van der Waals surface area contributed by atoms with Crippen molar-refractivity contribution in [2.45, 2.75) is 39.8 Å². The molecule has 0 saturated carbocycles. The fraction of sp³-hybridized carbons (Fsp3) is 0.429. The third-order valence-electron chi connectivity index (χ3n) is 2.96. The van der Waals surface area contributed by atoms with E-state index in [9.17, 15) is 4.79 Å². The first kappa shape index (κ1) is 15.6. The van der Waals surface area contributed by atoms with Crippen LogP contribution in [0.15, 0.2) is 12.3 Å². The Morgan fingerprint density at radius 2 is 2.23 bits per heavy atom. The SMILES string of the molecule is Cc1nc(CNC(=O)Nc2cc(C#N)cn2C(C)(C)C)n[nH]1. The smallest absolute Gasteiger partial charge is 0.320 e. The molecule has 3 N–H and O–H groups in total. The van der Waals surface area contributed by atoms with Crippen LogP contribution < -0.4 is 10.6 Å². The fourth-order valence-corrected chi connectivity index (χ4v) is 1.96. The highest BCUT2D eigenvalue weighted by Crippen LogP contribution is 2.23. The van der Waals surface area contributed by atoms with Gasteiger partial charge in [0.25, 0.3) is 0 Å². The highest BCUT2D eigenvalue weighted by Gasteiger charge is 2.19. The molecule has 0 unspecified atom stereocenters. The zero-order valence-corrected chi connectivity index (χ0v) is 13.1. The van der Waals surface area contributed by atoms with Crippen molar-refractivity contribution >= 4 is 11.8 Å². The number of nitriles is 1. The Kier molecular flexibility index (Phi) is 4.17. The van der Waals surface area contributed by atoms with Crippen molar-refractivity contribution in [3.63, 3.8) is 0 Å². The van der Waals surface area contributed by atoms with Crippen LogP contribution in [0.2, 0.25) is 0 Å². The van der Waals surface area contributed by atoms with Gasteiger partial charge in [0.1, 0.15) is 17.7 Å². The third-order valence-corrected chi connectivity index (χ3v) is 2.96. The summed E-state index contributed by atoms with van der Waals surface area (Å²) in [5.41, 5.74) is 0.244. The van der Waals surface area contributed by atoms with Gasteiger partial charge in [0.2, 0.25) is 0 Å². The largest absolute Gasteiger partial charge is 0.330 e. The lowest BCUT2D eigenvalue weighted by Gasteiger charge is -2.24. The molecular weight excluding hydrogens is 282 g/mol. The number of anilines is 1. The van der Waals surface area contributed by atoms with E-state index in [0.29, 0.717) is 23.0 Å². The summed E-state index contributed by atoms with van der Waals surface area (Å²) < 4.78 is 1.85. The van der Waals surface area contributed by atoms with Crippen molar-refractivity contribution in [1.82, 2.24) is 25.1 Å². The molecule has 8 heteroatoms. The number of rotatable bonds is 3. The van der Waals surface area contributed by atoms with Crippen molar-refractivity contribution in [1.29, 1.82) is 5.26 Å². The molecule has 2 aromatic heterocycles. The molecule has 2 heterocycles. The van der Waals surface area contributed by atoms with E-state index in [0.717, 1.165) is 0 Å². The van der Waals surface area contributed by atoms with Gasteiger partial charge in [-0.2, -0.15) is 10.4 Å². The number of aromatic nitrogens is 4. The number of urea groups is 1. The Labute approximate surface area is 128 Å². The molecule has 0 aromatic carbocycles. The molecular formula is C14H19N7O. The average Bonchev–Trinajstić information content (AvgIpc) is 3.02. The van der Waals surface area contributed by atoms with Gasteiger partial charge in [0.15, 0.2) is 5.82 Å². The highest BCUT2D eigenvalue weighted by molar-refractivity contribution is 5.88. The van der Waals surface area contributed by atoms with Crippen LogP contribution in [0.1, 0.15) is 38.0 Å². The van der Waals surface area contributed by atoms with Crippen LogP contribution in [0.3, 0.4) is 0 Å². The molecule has 0 aliphatic heterocycles. The minimum Gasteiger partial charge on any atom is -0.330 e. The van der Waals surface area contributed by atoms with Gasteiger partial charge in [-0.25, -0.2) is 9.78 Å². The maximum Gasteiger partial charge on any atom is 0.320 e. The Balaban J connectivity index is 2.05. The maximum atomic E-state index is 12.0. The molecule has 0 spiro atoms. The highest BCUT2D eigenvalue weighted by atomic mass is 16.2. The molecule has 2 amide bonds. The summed E-state index contributed by atoms with van der Waals surface area (Å²) in [6, 6.07) is 3.34. The van der Waals surface area contributed by atoms with E-state index in [1.54, 1.807) is 19.2 Å². The summed E-state index contributed by atoms with van der Waals surface area (Å²) in [5.74, 6) is 1.77. The minimum atomic E-state index is -0.379. The van der Waals surface area contributed by atoms with E-state index in [4.69, 9.17) is 5.26 Å². The molecule has 0 fully saturated rings. The average molecular weight is 301 g/mol. The number of carbonyl (C=O) groups excluding carboxylic acids is 1. The van der Waals surface area contributed by atoms with Crippen molar-refractivity contribution < 1.29 is 4.79 Å². The number of nitrogens with zero attached hydrogens (tertiary/aromatic N) is 4. The minimum absolute atomic E-state index is 0.220. The normalized spacial score (nSPS) is 11.0. The summed E-state index contributed by atoms with van der Waals surface area (Å²) in [4.78, 5) is 16.1. The van der Waals surface area contributed by atoms with E-state index in [-0.39, 0.29) is 18.1 Å². The standard InChI is InChI=1S/C14H19N7O/c1-9-17-11(20-19-9)7-16-13(22)18-12-5-10(6-15)8-21(12)14(2,3)4/h5,8H,7H2,1-4H3,(H2,16,18,22)(H,17,19,20). The molecule has 0 aliphatic rings. The number of nitrogens with one attached hydrogen (secondary N) is 3. The van der Waals surface area contributed by atoms with Crippen LogP contribution in [-0.4, -0.2) is 25.8 Å². The maximum absolute atomic E-state index is 12.0. The van der Waals surface area contributed by atoms with Crippen molar-refractivity contribution in [2.24, 2.45) is 0 Å². The molecule has 0 aliphatic carbocycles. The van der Waals surface area contributed by atoms with Crippen LogP contribution >= 0.6 is 0 Å². The van der Waals surface area contributed by atoms with Gasteiger partial charge in [-0.15, -0.1) is 0 Å². The van der Waals surface area contributed by atoms with Crippen LogP contribution in [0.4, 0.5) is 10.6 Å². The molecule has 2 rings (SSSR count). The Hall–Kier alpha value is -2.82. The van der Waals surface area contributed by atoms with Crippen molar-refractivity contribution in [3.8, 4) is 6.07 Å². The first-order valence-electron chi connectivity index (χ1n) is 6.85. The summed E-state index contributed by atoms with van der Waals surface area (Å²) in [7, 11) is 0. The fourth-order valence-electron chi connectivity index (χ4n) is 1.96. The number of aromatic amines is 1. The molecule has 0 saturated heterocycles. The predicted octanol–water partition coefficient (Wildman–Crippen LogP) is 1.86. The molecule has 8 nitrogen and oxygen atoms in total. The van der Waals surface area contributed by atoms with Gasteiger partial charge in [0, 0.05) is 11.7 Å². The monoisotopic (exact) mass is 301 g/mol. The topological polar surface area (TPSA) is 111 Å². The zero-order valence-electron chi connectivity index (χ0n) is 13.1. The molecule has 22 heavy (non-hydrogen) atoms. The lowest BCUT2D eigenvalue weighted by Crippen LogP contribution is -2.31. The third kappa shape index (κ3) is 3.63. The molecule has 0 bridgehead atoms. The van der Waals surface area contributed by atoms with E-state index in [1.807, 2.05) is 25.3 Å². The van der Waals surface area contributed by atoms with Crippen LogP contribution in [0, 0.1) is 18.3 Å². The van der Waals surface area contributed by atoms with Crippen LogP contribution in [0.25, 0.3) is 0 Å². The second-order valence-electron chi connectivity index (χ2n) is 5.91. The summed E-state index contributed by atoms with van der Waals surface area (Å²) in [5, 5.41) is 21.1. The lowest BCUT2D eigenvalue weighted by atomic mass is 10.1. The van der Waals surface area contributed by atoms with E-state index < -0.39 is 0 Å². The summed E-state index contributed by atoms with van der Waals surface area (Å²) >= 11 is 0. The Bertz CT molecular complexity index is 714. The number of H-pyrrole nitrogens is 1. The van der Waals surface area contributed by atoms with E-state index in [2.05, 4.69) is 31.9 Å². The summed E-state index contributed by atoms with van der Waals surface area (Å²) in [6.45, 7) is 7.99. The van der Waals surface area contributed by atoms with Gasteiger partial charge in [-0.3, -0.25) is 10.4 Å². The van der Waals surface area contributed by atoms with Gasteiger partial charge in [-0.05, 0) is 33.8 Å². The van der Waals surface area contributed by atoms with Gasteiger partial charge in [0.05, 0.1) is 12.1 Å². The molecule has 2 aromatic rings. The van der Waals surface area contributed by atoms with E-state index >= 15 is 0 Å². The number of amides is 2. The number of hydrogen-bond donors (Lipinski definition) is 3. The molecule has 0 radical (unpaired) electrons. The summed E-state index contributed by atoms with van der Waals surface area (Å²) in [6.07, 6.45) is 1.72. The van der Waals surface area contributed by atoms with Gasteiger partial charge >= 0.3 is 6.03 Å². The molecule has 0 atom stereocenters. The number of carbonyl (C=O) groups is 1. The van der Waals surface area contributed by atoms with Gasteiger partial charge < -0.3 is 9.88 Å². The number of hydrogen-bond acceptors (Lipinski definition) is 4. The van der Waals surface area contributed by atoms with Crippen molar-refractivity contribution in [2.75, 3.05) is 5.32 Å². The number of aryl methyl sites for hydroxylation is 1. The van der Waals surface area contributed by atoms with Gasteiger partial charge in [-0.1, -0.05) is 0 Å². The first-order chi connectivity index (χ1) is 10.3. The Morgan fingerprint density at radius 3 is 2.77 bits per heavy atom.